The number of amides is 1. The van der Waals surface area contributed by atoms with Gasteiger partial charge in [0.25, 0.3) is 0 Å². The smallest absolute Gasteiger partial charge is 0.222 e. The number of alkyl halides is 1. The standard InChI is InChI=1S/C21H31F2N3O/c22-11-9-21(27)24-19-5-1-17(2-6-19)10-12-25-13-15-26(16-14-25)20-7-3-18(23)4-8-20/h3-4,7-8,17,19H,1-2,5-6,9-16H2,(H,24,27). The van der Waals surface area contributed by atoms with E-state index in [-0.39, 0.29) is 24.2 Å². The van der Waals surface area contributed by atoms with Gasteiger partial charge < -0.3 is 10.2 Å². The Morgan fingerprint density at radius 3 is 2.33 bits per heavy atom. The van der Waals surface area contributed by atoms with Crippen LogP contribution in [0.2, 0.25) is 0 Å². The summed E-state index contributed by atoms with van der Waals surface area (Å²) in [6.45, 7) is 4.62. The zero-order valence-corrected chi connectivity index (χ0v) is 16.0. The highest BCUT2D eigenvalue weighted by Crippen LogP contribution is 2.27. The molecule has 1 N–H and O–H groups in total. The maximum absolute atomic E-state index is 13.1. The molecule has 2 fully saturated rings. The molecule has 0 atom stereocenters. The fourth-order valence-corrected chi connectivity index (χ4v) is 4.23. The molecule has 1 aliphatic carbocycles. The van der Waals surface area contributed by atoms with E-state index in [9.17, 15) is 13.6 Å². The van der Waals surface area contributed by atoms with E-state index in [1.54, 1.807) is 0 Å². The fraction of sp³-hybridized carbons (Fsp3) is 0.667. The van der Waals surface area contributed by atoms with E-state index >= 15 is 0 Å². The Labute approximate surface area is 160 Å². The van der Waals surface area contributed by atoms with Gasteiger partial charge in [0.2, 0.25) is 5.91 Å². The number of carbonyl (C=O) groups excluding carboxylic acids is 1. The topological polar surface area (TPSA) is 35.6 Å². The Balaban J connectivity index is 1.31. The highest BCUT2D eigenvalue weighted by Gasteiger charge is 2.24. The molecule has 2 aliphatic rings. The predicted octanol–water partition coefficient (Wildman–Crippen LogP) is 3.37. The zero-order chi connectivity index (χ0) is 19.1. The van der Waals surface area contributed by atoms with Crippen molar-refractivity contribution in [3.63, 3.8) is 0 Å². The molecule has 1 saturated heterocycles. The van der Waals surface area contributed by atoms with Gasteiger partial charge in [-0.3, -0.25) is 14.1 Å². The minimum atomic E-state index is -0.574. The van der Waals surface area contributed by atoms with E-state index in [0.29, 0.717) is 0 Å². The first-order valence-corrected chi connectivity index (χ1v) is 10.2. The van der Waals surface area contributed by atoms with Crippen molar-refractivity contribution in [2.24, 2.45) is 5.92 Å². The maximum atomic E-state index is 13.1. The van der Waals surface area contributed by atoms with Gasteiger partial charge in [0.05, 0.1) is 13.1 Å². The van der Waals surface area contributed by atoms with Crippen molar-refractivity contribution >= 4 is 11.6 Å². The van der Waals surface area contributed by atoms with Gasteiger partial charge in [-0.25, -0.2) is 4.39 Å². The normalized spacial score (nSPS) is 24.0. The molecular weight excluding hydrogens is 348 g/mol. The molecule has 6 heteroatoms. The van der Waals surface area contributed by atoms with E-state index in [1.165, 1.54) is 18.6 Å². The van der Waals surface area contributed by atoms with Crippen LogP contribution in [0.4, 0.5) is 14.5 Å². The van der Waals surface area contributed by atoms with Crippen molar-refractivity contribution in [3.8, 4) is 0 Å². The van der Waals surface area contributed by atoms with Crippen LogP contribution in [-0.2, 0) is 4.79 Å². The lowest BCUT2D eigenvalue weighted by Crippen LogP contribution is -2.47. The summed E-state index contributed by atoms with van der Waals surface area (Å²) in [5.41, 5.74) is 1.10. The summed E-state index contributed by atoms with van der Waals surface area (Å²) in [5, 5.41) is 2.95. The highest BCUT2D eigenvalue weighted by molar-refractivity contribution is 5.76. The second-order valence-electron chi connectivity index (χ2n) is 7.82. The van der Waals surface area contributed by atoms with E-state index in [1.807, 2.05) is 12.1 Å². The number of rotatable bonds is 7. The van der Waals surface area contributed by atoms with Gasteiger partial charge >= 0.3 is 0 Å². The second-order valence-corrected chi connectivity index (χ2v) is 7.82. The monoisotopic (exact) mass is 379 g/mol. The average Bonchev–Trinajstić information content (AvgIpc) is 2.69. The lowest BCUT2D eigenvalue weighted by Gasteiger charge is -2.37. The predicted molar refractivity (Wildman–Crippen MR) is 104 cm³/mol. The number of carbonyl (C=O) groups is 1. The van der Waals surface area contributed by atoms with Gasteiger partial charge in [0, 0.05) is 37.9 Å². The molecule has 3 rings (SSSR count). The van der Waals surface area contributed by atoms with Crippen molar-refractivity contribution < 1.29 is 13.6 Å². The molecular formula is C21H31F2N3O. The van der Waals surface area contributed by atoms with Crippen LogP contribution in [0.3, 0.4) is 0 Å². The number of anilines is 1. The number of halogens is 2. The molecule has 0 bridgehead atoms. The Bertz CT molecular complexity index is 580. The molecule has 0 radical (unpaired) electrons. The zero-order valence-electron chi connectivity index (χ0n) is 16.0. The number of piperazine rings is 1. The van der Waals surface area contributed by atoms with Crippen LogP contribution >= 0.6 is 0 Å². The first-order valence-electron chi connectivity index (χ1n) is 10.2. The van der Waals surface area contributed by atoms with Gasteiger partial charge in [-0.1, -0.05) is 0 Å². The fourth-order valence-electron chi connectivity index (χ4n) is 4.23. The summed E-state index contributed by atoms with van der Waals surface area (Å²) in [4.78, 5) is 16.3. The molecule has 1 aromatic carbocycles. The van der Waals surface area contributed by atoms with Crippen LogP contribution in [0.1, 0.15) is 38.5 Å². The number of benzene rings is 1. The molecule has 1 aromatic rings. The number of hydrogen-bond acceptors (Lipinski definition) is 3. The van der Waals surface area contributed by atoms with Crippen molar-refractivity contribution in [3.05, 3.63) is 30.1 Å². The third kappa shape index (κ3) is 6.16. The summed E-state index contributed by atoms with van der Waals surface area (Å²) in [5.74, 6) is 0.392. The first-order chi connectivity index (χ1) is 13.1. The molecule has 0 aromatic heterocycles. The van der Waals surface area contributed by atoms with E-state index in [4.69, 9.17) is 0 Å². The van der Waals surface area contributed by atoms with Gasteiger partial charge in [-0.2, -0.15) is 0 Å². The molecule has 27 heavy (non-hydrogen) atoms. The van der Waals surface area contributed by atoms with Crippen molar-refractivity contribution in [1.82, 2.24) is 10.2 Å². The SMILES string of the molecule is O=C(CCF)NC1CCC(CCN2CCN(c3ccc(F)cc3)CC2)CC1. The van der Waals surface area contributed by atoms with Gasteiger partial charge in [0.15, 0.2) is 0 Å². The Morgan fingerprint density at radius 2 is 1.70 bits per heavy atom. The molecule has 0 unspecified atom stereocenters. The highest BCUT2D eigenvalue weighted by atomic mass is 19.1. The summed E-state index contributed by atoms with van der Waals surface area (Å²) >= 11 is 0. The third-order valence-electron chi connectivity index (χ3n) is 5.95. The molecule has 1 aliphatic heterocycles. The molecule has 1 amide bonds. The average molecular weight is 379 g/mol. The number of nitrogens with one attached hydrogen (secondary N) is 1. The van der Waals surface area contributed by atoms with Crippen LogP contribution in [0, 0.1) is 11.7 Å². The van der Waals surface area contributed by atoms with Crippen molar-refractivity contribution in [2.45, 2.75) is 44.6 Å². The van der Waals surface area contributed by atoms with Gasteiger partial charge in [-0.05, 0) is 68.8 Å². The van der Waals surface area contributed by atoms with Crippen LogP contribution in [0.5, 0.6) is 0 Å². The van der Waals surface area contributed by atoms with E-state index in [0.717, 1.165) is 70.0 Å². The second kappa shape index (κ2) is 10.0. The lowest BCUT2D eigenvalue weighted by atomic mass is 9.84. The number of nitrogens with zero attached hydrogens (tertiary/aromatic N) is 2. The van der Waals surface area contributed by atoms with Gasteiger partial charge in [-0.15, -0.1) is 0 Å². The summed E-state index contributed by atoms with van der Waals surface area (Å²) in [6, 6.07) is 7.00. The summed E-state index contributed by atoms with van der Waals surface area (Å²) in [6.07, 6.45) is 5.53. The largest absolute Gasteiger partial charge is 0.369 e. The molecule has 0 spiro atoms. The van der Waals surface area contributed by atoms with Crippen LogP contribution in [0.25, 0.3) is 0 Å². The summed E-state index contributed by atoms with van der Waals surface area (Å²) < 4.78 is 25.2. The lowest BCUT2D eigenvalue weighted by molar-refractivity contribution is -0.122. The van der Waals surface area contributed by atoms with Crippen LogP contribution in [0.15, 0.2) is 24.3 Å². The van der Waals surface area contributed by atoms with Crippen LogP contribution < -0.4 is 10.2 Å². The summed E-state index contributed by atoms with van der Waals surface area (Å²) in [7, 11) is 0. The number of hydrogen-bond donors (Lipinski definition) is 1. The van der Waals surface area contributed by atoms with Gasteiger partial charge in [0.1, 0.15) is 5.82 Å². The van der Waals surface area contributed by atoms with Crippen LogP contribution in [-0.4, -0.2) is 56.2 Å². The molecule has 150 valence electrons. The molecule has 1 saturated carbocycles. The maximum Gasteiger partial charge on any atom is 0.222 e. The third-order valence-corrected chi connectivity index (χ3v) is 5.95. The van der Waals surface area contributed by atoms with E-state index < -0.39 is 6.67 Å². The van der Waals surface area contributed by atoms with Crippen molar-refractivity contribution in [1.29, 1.82) is 0 Å². The first kappa shape index (κ1) is 20.1. The van der Waals surface area contributed by atoms with Crippen molar-refractivity contribution in [2.75, 3.05) is 44.3 Å². The quantitative estimate of drug-likeness (QED) is 0.789. The minimum absolute atomic E-state index is 0.0101. The Hall–Kier alpha value is -1.69. The Morgan fingerprint density at radius 1 is 1.04 bits per heavy atom. The van der Waals surface area contributed by atoms with E-state index in [2.05, 4.69) is 15.1 Å². The molecule has 1 heterocycles. The minimum Gasteiger partial charge on any atom is -0.369 e. The molecule has 4 nitrogen and oxygen atoms in total. The Kier molecular flexibility index (Phi) is 7.44.